The topological polar surface area (TPSA) is 132 Å². The van der Waals surface area contributed by atoms with E-state index in [1.165, 1.54) is 0 Å². The van der Waals surface area contributed by atoms with Gasteiger partial charge in [0.1, 0.15) is 24.4 Å². The molecule has 3 amide bonds. The number of nitrogens with one attached hydrogen (secondary N) is 3. The van der Waals surface area contributed by atoms with Crippen molar-refractivity contribution in [3.8, 4) is 0 Å². The number of nitrogens with zero attached hydrogens (tertiary/aromatic N) is 1. The van der Waals surface area contributed by atoms with E-state index < -0.39 is 35.9 Å². The summed E-state index contributed by atoms with van der Waals surface area (Å²) in [6, 6.07) is 7.04. The monoisotopic (exact) mass is 522 g/mol. The molecule has 9 nitrogen and oxygen atoms in total. The maximum absolute atomic E-state index is 13.9. The minimum atomic E-state index is -0.876. The van der Waals surface area contributed by atoms with Crippen LogP contribution in [0.3, 0.4) is 0 Å². The Kier molecular flexibility index (Phi) is 6.41. The number of carbonyl (C=O) groups is 4. The van der Waals surface area contributed by atoms with Crippen molar-refractivity contribution in [1.29, 1.82) is 0 Å². The number of Topliss-reactive ketones (excluding diaryl/α,β-unsaturated/α-hetero) is 1. The molecule has 2 aromatic rings. The first kappa shape index (κ1) is 26.4. The molecule has 0 spiro atoms. The molecule has 0 unspecified atom stereocenters. The maximum atomic E-state index is 13.9. The lowest BCUT2D eigenvalue weighted by atomic mass is 9.84. The number of aromatic amines is 1. The highest BCUT2D eigenvalue weighted by atomic mass is 16.3. The van der Waals surface area contributed by atoms with Gasteiger partial charge in [0.05, 0.1) is 6.04 Å². The maximum Gasteiger partial charge on any atom is 0.268 e. The van der Waals surface area contributed by atoms with E-state index in [0.717, 1.165) is 23.7 Å². The number of piperidine rings is 1. The van der Waals surface area contributed by atoms with Crippen molar-refractivity contribution in [2.45, 2.75) is 65.6 Å². The van der Waals surface area contributed by atoms with Crippen LogP contribution in [0.4, 0.5) is 0 Å². The molecular formula is C29H38N4O5. The highest BCUT2D eigenvalue weighted by molar-refractivity contribution is 6.01. The highest BCUT2D eigenvalue weighted by Crippen LogP contribution is 2.65. The lowest BCUT2D eigenvalue weighted by Gasteiger charge is -2.36. The van der Waals surface area contributed by atoms with Gasteiger partial charge < -0.3 is 25.6 Å². The Balaban J connectivity index is 1.37. The van der Waals surface area contributed by atoms with Crippen LogP contribution in [0, 0.1) is 28.6 Å². The first-order valence-corrected chi connectivity index (χ1v) is 13.5. The summed E-state index contributed by atoms with van der Waals surface area (Å²) in [7, 11) is 0. The van der Waals surface area contributed by atoms with Crippen LogP contribution in [-0.4, -0.2) is 69.8 Å². The lowest BCUT2D eigenvalue weighted by Crippen LogP contribution is -2.59. The van der Waals surface area contributed by atoms with Gasteiger partial charge in [0, 0.05) is 17.4 Å². The number of benzene rings is 1. The first-order valence-electron chi connectivity index (χ1n) is 13.5. The summed E-state index contributed by atoms with van der Waals surface area (Å²) in [6.45, 7) is 9.45. The van der Waals surface area contributed by atoms with Gasteiger partial charge in [-0.1, -0.05) is 52.8 Å². The normalized spacial score (nSPS) is 25.4. The smallest absolute Gasteiger partial charge is 0.268 e. The molecule has 1 aromatic heterocycles. The molecule has 1 aromatic carbocycles. The van der Waals surface area contributed by atoms with Crippen molar-refractivity contribution < 1.29 is 24.3 Å². The van der Waals surface area contributed by atoms with Crippen LogP contribution in [-0.2, 0) is 14.4 Å². The fourth-order valence-corrected chi connectivity index (χ4v) is 6.32. The number of aliphatic hydroxyl groups is 1. The zero-order valence-electron chi connectivity index (χ0n) is 22.7. The van der Waals surface area contributed by atoms with Crippen LogP contribution in [0.15, 0.2) is 30.3 Å². The predicted molar refractivity (Wildman–Crippen MR) is 142 cm³/mol. The Bertz CT molecular complexity index is 1250. The van der Waals surface area contributed by atoms with E-state index in [1.807, 2.05) is 45.0 Å². The molecule has 5 atom stereocenters. The van der Waals surface area contributed by atoms with Gasteiger partial charge in [0.25, 0.3) is 5.91 Å². The number of aliphatic hydroxyl groups excluding tert-OH is 1. The van der Waals surface area contributed by atoms with Gasteiger partial charge in [-0.25, -0.2) is 0 Å². The van der Waals surface area contributed by atoms with Gasteiger partial charge in [-0.3, -0.25) is 19.2 Å². The third-order valence-corrected chi connectivity index (χ3v) is 8.81. The summed E-state index contributed by atoms with van der Waals surface area (Å²) in [5.74, 6) is -1.26. The molecule has 1 saturated heterocycles. The zero-order valence-corrected chi connectivity index (χ0v) is 22.7. The number of ketones is 1. The Morgan fingerprint density at radius 3 is 2.42 bits per heavy atom. The summed E-state index contributed by atoms with van der Waals surface area (Å²) in [5, 5.41) is 16.2. The summed E-state index contributed by atoms with van der Waals surface area (Å²) >= 11 is 0. The fraction of sp³-hybridized carbons (Fsp3) is 0.586. The van der Waals surface area contributed by atoms with Crippen LogP contribution in [0.25, 0.3) is 10.9 Å². The van der Waals surface area contributed by atoms with Gasteiger partial charge in [-0.05, 0) is 53.6 Å². The fourth-order valence-electron chi connectivity index (χ4n) is 6.32. The van der Waals surface area contributed by atoms with E-state index in [9.17, 15) is 24.3 Å². The zero-order chi connectivity index (χ0) is 27.6. The second-order valence-corrected chi connectivity index (χ2v) is 12.9. The molecule has 3 fully saturated rings. The molecule has 4 N–H and O–H groups in total. The first-order chi connectivity index (χ1) is 17.8. The van der Waals surface area contributed by atoms with Crippen molar-refractivity contribution in [2.75, 3.05) is 13.2 Å². The molecular weight excluding hydrogens is 484 g/mol. The average Bonchev–Trinajstić information content (AvgIpc) is 3.64. The number of aromatic nitrogens is 1. The van der Waals surface area contributed by atoms with Gasteiger partial charge in [-0.15, -0.1) is 0 Å². The van der Waals surface area contributed by atoms with Crippen molar-refractivity contribution in [1.82, 2.24) is 20.5 Å². The largest absolute Gasteiger partial charge is 0.389 e. The summed E-state index contributed by atoms with van der Waals surface area (Å²) < 4.78 is 0. The molecule has 0 radical (unpaired) electrons. The summed E-state index contributed by atoms with van der Waals surface area (Å²) in [4.78, 5) is 58.0. The SMILES string of the molecule is CC(C)(C)[C@H](NC(=O)[C@@H]1[C@@H]2[C@H](CN1C(=O)[C@@H](NC(=O)c1cc3ccccc3[nH]1)C1CC1)C2(C)C)C(=O)CO. The average molecular weight is 523 g/mol. The molecule has 0 bridgehead atoms. The third-order valence-electron chi connectivity index (χ3n) is 8.81. The molecule has 2 saturated carbocycles. The minimum Gasteiger partial charge on any atom is -0.389 e. The molecule has 3 aliphatic rings. The van der Waals surface area contributed by atoms with E-state index in [1.54, 1.807) is 11.0 Å². The van der Waals surface area contributed by atoms with E-state index in [2.05, 4.69) is 29.5 Å². The minimum absolute atomic E-state index is 0.0273. The summed E-state index contributed by atoms with van der Waals surface area (Å²) in [6.07, 6.45) is 1.67. The van der Waals surface area contributed by atoms with Gasteiger partial charge >= 0.3 is 0 Å². The van der Waals surface area contributed by atoms with E-state index in [-0.39, 0.29) is 40.9 Å². The van der Waals surface area contributed by atoms with E-state index in [4.69, 9.17) is 0 Å². The number of amides is 3. The molecule has 1 aliphatic heterocycles. The second-order valence-electron chi connectivity index (χ2n) is 12.9. The van der Waals surface area contributed by atoms with Crippen LogP contribution in [0.5, 0.6) is 0 Å². The number of H-pyrrole nitrogens is 1. The summed E-state index contributed by atoms with van der Waals surface area (Å²) in [5.41, 5.74) is 0.529. The molecule has 2 heterocycles. The van der Waals surface area contributed by atoms with E-state index in [0.29, 0.717) is 12.2 Å². The number of hydrogen-bond donors (Lipinski definition) is 4. The highest BCUT2D eigenvalue weighted by Gasteiger charge is 2.70. The molecule has 204 valence electrons. The van der Waals surface area contributed by atoms with Gasteiger partial charge in [-0.2, -0.15) is 0 Å². The van der Waals surface area contributed by atoms with Crippen molar-refractivity contribution in [2.24, 2.45) is 28.6 Å². The van der Waals surface area contributed by atoms with Crippen LogP contribution < -0.4 is 10.6 Å². The molecule has 2 aliphatic carbocycles. The number of fused-ring (bicyclic) bond motifs is 2. The lowest BCUT2D eigenvalue weighted by molar-refractivity contribution is -0.143. The van der Waals surface area contributed by atoms with Crippen LogP contribution >= 0.6 is 0 Å². The molecule has 38 heavy (non-hydrogen) atoms. The number of carbonyl (C=O) groups excluding carboxylic acids is 4. The predicted octanol–water partition coefficient (Wildman–Crippen LogP) is 2.25. The van der Waals surface area contributed by atoms with Crippen LogP contribution in [0.1, 0.15) is 57.9 Å². The number of likely N-dealkylation sites (tertiary alicyclic amines) is 1. The number of rotatable bonds is 8. The molecule has 9 heteroatoms. The standard InChI is InChI=1S/C29H38N4O5/c1-28(2,3)24(20(35)14-34)32-26(37)23-21-17(29(21,4)5)13-33(23)27(38)22(15-10-11-15)31-25(36)19-12-16-8-6-7-9-18(16)30-19/h6-9,12,15,17,21-24,30,34H,10-11,13-14H2,1-5H3,(H,31,36)(H,32,37)/t17-,21-,22-,23-,24+/m0/s1. The second kappa shape index (κ2) is 9.22. The van der Waals surface area contributed by atoms with Gasteiger partial charge in [0.15, 0.2) is 5.78 Å². The number of para-hydroxylation sites is 1. The van der Waals surface area contributed by atoms with Gasteiger partial charge in [0.2, 0.25) is 11.8 Å². The number of hydrogen-bond acceptors (Lipinski definition) is 5. The third kappa shape index (κ3) is 4.61. The van der Waals surface area contributed by atoms with Crippen molar-refractivity contribution in [3.63, 3.8) is 0 Å². The Morgan fingerprint density at radius 1 is 1.13 bits per heavy atom. The van der Waals surface area contributed by atoms with E-state index >= 15 is 0 Å². The van der Waals surface area contributed by atoms with Crippen molar-refractivity contribution >= 4 is 34.4 Å². The Hall–Kier alpha value is -3.20. The Labute approximate surface area is 222 Å². The Morgan fingerprint density at radius 2 is 1.82 bits per heavy atom. The van der Waals surface area contributed by atoms with Crippen LogP contribution in [0.2, 0.25) is 0 Å². The quantitative estimate of drug-likeness (QED) is 0.422. The van der Waals surface area contributed by atoms with Crippen molar-refractivity contribution in [3.05, 3.63) is 36.0 Å². The molecule has 5 rings (SSSR count).